The summed E-state index contributed by atoms with van der Waals surface area (Å²) in [6.07, 6.45) is 4.06. The highest BCUT2D eigenvalue weighted by Gasteiger charge is 2.18. The molecule has 0 radical (unpaired) electrons. The number of amides is 1. The second kappa shape index (κ2) is 9.95. The molecule has 1 saturated heterocycles. The standard InChI is InChI=1S/C25H25N5O2S/c31-23(26-20-10-6-11-21(16-20)29-13-4-5-14-29)18-33-25-28-27-24(22-12-7-15-32-22)30(25)17-19-8-2-1-3-9-19/h1-3,6-12,15-16H,4-5,13-14,17-18H2,(H,26,31). The van der Waals surface area contributed by atoms with E-state index >= 15 is 0 Å². The number of benzene rings is 2. The zero-order valence-electron chi connectivity index (χ0n) is 18.2. The van der Waals surface area contributed by atoms with Crippen molar-refractivity contribution >= 4 is 29.0 Å². The van der Waals surface area contributed by atoms with Gasteiger partial charge in [0, 0.05) is 24.5 Å². The molecule has 2 aromatic heterocycles. The van der Waals surface area contributed by atoms with E-state index < -0.39 is 0 Å². The second-order valence-electron chi connectivity index (χ2n) is 7.94. The summed E-state index contributed by atoms with van der Waals surface area (Å²) in [4.78, 5) is 15.1. The summed E-state index contributed by atoms with van der Waals surface area (Å²) in [6, 6.07) is 21.8. The molecule has 0 unspecified atom stereocenters. The lowest BCUT2D eigenvalue weighted by atomic mass is 10.2. The van der Waals surface area contributed by atoms with Gasteiger partial charge in [0.15, 0.2) is 10.9 Å². The van der Waals surface area contributed by atoms with E-state index in [9.17, 15) is 4.79 Å². The maximum Gasteiger partial charge on any atom is 0.234 e. The first-order valence-corrected chi connectivity index (χ1v) is 12.0. The van der Waals surface area contributed by atoms with E-state index in [1.807, 2.05) is 53.1 Å². The van der Waals surface area contributed by atoms with E-state index in [1.54, 1.807) is 6.26 Å². The third-order valence-corrected chi connectivity index (χ3v) is 6.54. The fourth-order valence-corrected chi connectivity index (χ4v) is 4.71. The molecular weight excluding hydrogens is 434 g/mol. The van der Waals surface area contributed by atoms with Crippen molar-refractivity contribution in [2.75, 3.05) is 29.1 Å². The maximum atomic E-state index is 12.7. The Bertz CT molecular complexity index is 1200. The molecule has 1 N–H and O–H groups in total. The van der Waals surface area contributed by atoms with Crippen LogP contribution in [0.3, 0.4) is 0 Å². The fraction of sp³-hybridized carbons (Fsp3) is 0.240. The number of anilines is 2. The molecule has 4 aromatic rings. The van der Waals surface area contributed by atoms with Crippen LogP contribution in [0.15, 0.2) is 82.6 Å². The summed E-state index contributed by atoms with van der Waals surface area (Å²) in [6.45, 7) is 2.73. The smallest absolute Gasteiger partial charge is 0.234 e. The predicted octanol–water partition coefficient (Wildman–Crippen LogP) is 4.92. The molecule has 5 rings (SSSR count). The van der Waals surface area contributed by atoms with Crippen LogP contribution in [-0.4, -0.2) is 39.5 Å². The monoisotopic (exact) mass is 459 g/mol. The Morgan fingerprint density at radius 1 is 1.00 bits per heavy atom. The number of thioether (sulfide) groups is 1. The molecule has 1 aliphatic rings. The van der Waals surface area contributed by atoms with E-state index in [4.69, 9.17) is 4.42 Å². The number of carbonyl (C=O) groups is 1. The molecule has 1 aliphatic heterocycles. The van der Waals surface area contributed by atoms with Gasteiger partial charge in [-0.05, 0) is 48.7 Å². The number of aromatic nitrogens is 3. The number of nitrogens with one attached hydrogen (secondary N) is 1. The van der Waals surface area contributed by atoms with Gasteiger partial charge in [-0.1, -0.05) is 48.2 Å². The lowest BCUT2D eigenvalue weighted by molar-refractivity contribution is -0.113. The molecule has 0 atom stereocenters. The molecule has 8 heteroatoms. The lowest BCUT2D eigenvalue weighted by Gasteiger charge is -2.18. The molecule has 0 aliphatic carbocycles. The number of rotatable bonds is 8. The van der Waals surface area contributed by atoms with Gasteiger partial charge in [0.05, 0.1) is 18.6 Å². The molecule has 33 heavy (non-hydrogen) atoms. The third kappa shape index (κ3) is 5.12. The Hall–Kier alpha value is -3.52. The van der Waals surface area contributed by atoms with Gasteiger partial charge >= 0.3 is 0 Å². The normalized spacial score (nSPS) is 13.4. The summed E-state index contributed by atoms with van der Waals surface area (Å²) >= 11 is 1.37. The van der Waals surface area contributed by atoms with Crippen molar-refractivity contribution < 1.29 is 9.21 Å². The largest absolute Gasteiger partial charge is 0.461 e. The number of nitrogens with zero attached hydrogens (tertiary/aromatic N) is 4. The van der Waals surface area contributed by atoms with Gasteiger partial charge in [-0.15, -0.1) is 10.2 Å². The van der Waals surface area contributed by atoms with Crippen LogP contribution in [0.25, 0.3) is 11.6 Å². The third-order valence-electron chi connectivity index (χ3n) is 5.58. The summed E-state index contributed by atoms with van der Waals surface area (Å²) < 4.78 is 7.54. The Labute approximate surface area is 196 Å². The van der Waals surface area contributed by atoms with Crippen LogP contribution in [0.1, 0.15) is 18.4 Å². The highest BCUT2D eigenvalue weighted by Crippen LogP contribution is 2.27. The number of hydrogen-bond acceptors (Lipinski definition) is 6. The summed E-state index contributed by atoms with van der Waals surface area (Å²) in [5.41, 5.74) is 3.09. The van der Waals surface area contributed by atoms with Crippen molar-refractivity contribution in [1.29, 1.82) is 0 Å². The SMILES string of the molecule is O=C(CSc1nnc(-c2ccco2)n1Cc1ccccc1)Nc1cccc(N2CCCC2)c1. The first-order chi connectivity index (χ1) is 16.3. The number of furan rings is 1. The maximum absolute atomic E-state index is 12.7. The van der Waals surface area contributed by atoms with E-state index in [1.165, 1.54) is 24.6 Å². The van der Waals surface area contributed by atoms with Gasteiger partial charge in [0.25, 0.3) is 0 Å². The highest BCUT2D eigenvalue weighted by atomic mass is 32.2. The van der Waals surface area contributed by atoms with Crippen molar-refractivity contribution in [1.82, 2.24) is 14.8 Å². The molecule has 0 bridgehead atoms. The molecule has 7 nitrogen and oxygen atoms in total. The Morgan fingerprint density at radius 2 is 1.85 bits per heavy atom. The van der Waals surface area contributed by atoms with Gasteiger partial charge in [0.2, 0.25) is 11.7 Å². The number of hydrogen-bond donors (Lipinski definition) is 1. The predicted molar refractivity (Wildman–Crippen MR) is 131 cm³/mol. The Balaban J connectivity index is 1.28. The minimum Gasteiger partial charge on any atom is -0.461 e. The van der Waals surface area contributed by atoms with Crippen LogP contribution < -0.4 is 10.2 Å². The molecule has 168 valence electrons. The quantitative estimate of drug-likeness (QED) is 0.377. The van der Waals surface area contributed by atoms with Crippen LogP contribution in [0.5, 0.6) is 0 Å². The van der Waals surface area contributed by atoms with Gasteiger partial charge in [-0.3, -0.25) is 9.36 Å². The van der Waals surface area contributed by atoms with Crippen molar-refractivity contribution in [2.24, 2.45) is 0 Å². The Morgan fingerprint density at radius 3 is 2.64 bits per heavy atom. The first kappa shape index (κ1) is 21.3. The van der Waals surface area contributed by atoms with Crippen molar-refractivity contribution in [2.45, 2.75) is 24.5 Å². The molecule has 1 amide bonds. The summed E-state index contributed by atoms with van der Waals surface area (Å²) in [7, 11) is 0. The van der Waals surface area contributed by atoms with Gasteiger partial charge in [-0.25, -0.2) is 0 Å². The molecule has 0 saturated carbocycles. The van der Waals surface area contributed by atoms with Crippen LogP contribution in [0.2, 0.25) is 0 Å². The Kier molecular flexibility index (Phi) is 6.44. The highest BCUT2D eigenvalue weighted by molar-refractivity contribution is 7.99. The molecule has 3 heterocycles. The first-order valence-electron chi connectivity index (χ1n) is 11.0. The van der Waals surface area contributed by atoms with Crippen LogP contribution in [0.4, 0.5) is 11.4 Å². The van der Waals surface area contributed by atoms with E-state index in [0.29, 0.717) is 23.3 Å². The van der Waals surface area contributed by atoms with Crippen LogP contribution >= 0.6 is 11.8 Å². The molecule has 0 spiro atoms. The van der Waals surface area contributed by atoms with E-state index in [0.717, 1.165) is 30.0 Å². The van der Waals surface area contributed by atoms with E-state index in [-0.39, 0.29) is 11.7 Å². The van der Waals surface area contributed by atoms with Crippen LogP contribution in [0, 0.1) is 0 Å². The minimum atomic E-state index is -0.0765. The number of carbonyl (C=O) groups excluding carboxylic acids is 1. The fourth-order valence-electron chi connectivity index (χ4n) is 3.97. The summed E-state index contributed by atoms with van der Waals surface area (Å²) in [5, 5.41) is 12.4. The minimum absolute atomic E-state index is 0.0765. The van der Waals surface area contributed by atoms with E-state index in [2.05, 4.69) is 38.6 Å². The van der Waals surface area contributed by atoms with Crippen molar-refractivity contribution in [3.63, 3.8) is 0 Å². The molecule has 1 fully saturated rings. The lowest BCUT2D eigenvalue weighted by Crippen LogP contribution is -2.18. The topological polar surface area (TPSA) is 76.2 Å². The zero-order chi connectivity index (χ0) is 22.5. The average molecular weight is 460 g/mol. The van der Waals surface area contributed by atoms with Crippen molar-refractivity contribution in [3.8, 4) is 11.6 Å². The molecular formula is C25H25N5O2S. The van der Waals surface area contributed by atoms with Crippen molar-refractivity contribution in [3.05, 3.63) is 78.6 Å². The van der Waals surface area contributed by atoms with Crippen LogP contribution in [-0.2, 0) is 11.3 Å². The van der Waals surface area contributed by atoms with Gasteiger partial charge in [0.1, 0.15) is 0 Å². The summed E-state index contributed by atoms with van der Waals surface area (Å²) in [5.74, 6) is 1.45. The van der Waals surface area contributed by atoms with Gasteiger partial charge < -0.3 is 14.6 Å². The molecule has 2 aromatic carbocycles. The average Bonchev–Trinajstić information content (AvgIpc) is 3.61. The van der Waals surface area contributed by atoms with Gasteiger partial charge in [-0.2, -0.15) is 0 Å². The zero-order valence-corrected chi connectivity index (χ0v) is 19.0. The second-order valence-corrected chi connectivity index (χ2v) is 8.88.